The SMILES string of the molecule is Cc1cc(C=O)nn1-c1ncccn1. The van der Waals surface area contributed by atoms with E-state index in [0.717, 1.165) is 5.69 Å². The smallest absolute Gasteiger partial charge is 0.250 e. The van der Waals surface area contributed by atoms with Crippen LogP contribution < -0.4 is 0 Å². The molecule has 0 spiro atoms. The number of aldehydes is 1. The number of hydrogen-bond donors (Lipinski definition) is 0. The monoisotopic (exact) mass is 188 g/mol. The van der Waals surface area contributed by atoms with Crippen molar-refractivity contribution in [2.75, 3.05) is 0 Å². The van der Waals surface area contributed by atoms with E-state index in [1.165, 1.54) is 4.68 Å². The molecule has 2 rings (SSSR count). The zero-order valence-electron chi connectivity index (χ0n) is 7.58. The van der Waals surface area contributed by atoms with Crippen LogP contribution in [0.3, 0.4) is 0 Å². The van der Waals surface area contributed by atoms with Gasteiger partial charge in [-0.3, -0.25) is 4.79 Å². The lowest BCUT2D eigenvalue weighted by Gasteiger charge is -1.99. The van der Waals surface area contributed by atoms with Crippen LogP contribution in [0.1, 0.15) is 16.2 Å². The molecule has 0 atom stereocenters. The van der Waals surface area contributed by atoms with Crippen molar-refractivity contribution < 1.29 is 4.79 Å². The van der Waals surface area contributed by atoms with Gasteiger partial charge in [-0.1, -0.05) is 0 Å². The summed E-state index contributed by atoms with van der Waals surface area (Å²) in [5.74, 6) is 0.470. The van der Waals surface area contributed by atoms with Crippen molar-refractivity contribution in [3.05, 3.63) is 35.9 Å². The summed E-state index contributed by atoms with van der Waals surface area (Å²) < 4.78 is 1.53. The van der Waals surface area contributed by atoms with Crippen molar-refractivity contribution in [2.45, 2.75) is 6.92 Å². The van der Waals surface area contributed by atoms with Crippen LogP contribution in [0.5, 0.6) is 0 Å². The lowest BCUT2D eigenvalue weighted by Crippen LogP contribution is -2.03. The molecule has 2 aromatic heterocycles. The van der Waals surface area contributed by atoms with Crippen molar-refractivity contribution >= 4 is 6.29 Å². The van der Waals surface area contributed by atoms with Crippen LogP contribution in [0, 0.1) is 6.92 Å². The molecule has 2 heterocycles. The molecule has 0 N–H and O–H groups in total. The number of hydrogen-bond acceptors (Lipinski definition) is 4. The average molecular weight is 188 g/mol. The number of aromatic nitrogens is 4. The van der Waals surface area contributed by atoms with Gasteiger partial charge in [0.15, 0.2) is 6.29 Å². The average Bonchev–Trinajstić information content (AvgIpc) is 2.61. The Morgan fingerprint density at radius 1 is 1.36 bits per heavy atom. The molecule has 0 aromatic carbocycles. The standard InChI is InChI=1S/C9H8N4O/c1-7-5-8(6-14)12-13(7)9-10-3-2-4-11-9/h2-6H,1H3. The second-order valence-electron chi connectivity index (χ2n) is 2.79. The molecular weight excluding hydrogens is 180 g/mol. The number of nitrogens with zero attached hydrogens (tertiary/aromatic N) is 4. The zero-order valence-corrected chi connectivity index (χ0v) is 7.58. The molecule has 0 aliphatic heterocycles. The van der Waals surface area contributed by atoms with Crippen LogP contribution in [0.2, 0.25) is 0 Å². The fourth-order valence-electron chi connectivity index (χ4n) is 1.16. The van der Waals surface area contributed by atoms with E-state index >= 15 is 0 Å². The Kier molecular flexibility index (Phi) is 2.06. The third-order valence-electron chi connectivity index (χ3n) is 1.77. The third kappa shape index (κ3) is 1.39. The van der Waals surface area contributed by atoms with Crippen molar-refractivity contribution in [1.29, 1.82) is 0 Å². The maximum absolute atomic E-state index is 10.5. The van der Waals surface area contributed by atoms with Crippen molar-refractivity contribution in [2.24, 2.45) is 0 Å². The molecule has 2 aromatic rings. The molecule has 0 fully saturated rings. The highest BCUT2D eigenvalue weighted by Gasteiger charge is 2.06. The molecule has 0 aliphatic rings. The quantitative estimate of drug-likeness (QED) is 0.653. The van der Waals surface area contributed by atoms with Crippen molar-refractivity contribution in [3.63, 3.8) is 0 Å². The van der Waals surface area contributed by atoms with Gasteiger partial charge in [-0.2, -0.15) is 5.10 Å². The van der Waals surface area contributed by atoms with Gasteiger partial charge in [0, 0.05) is 18.1 Å². The summed E-state index contributed by atoms with van der Waals surface area (Å²) in [5.41, 5.74) is 1.22. The molecule has 0 unspecified atom stereocenters. The molecule has 5 heteroatoms. The Labute approximate surface area is 80.4 Å². The first kappa shape index (κ1) is 8.55. The minimum atomic E-state index is 0.384. The van der Waals surface area contributed by atoms with Gasteiger partial charge >= 0.3 is 0 Å². The van der Waals surface area contributed by atoms with Crippen molar-refractivity contribution in [3.8, 4) is 5.95 Å². The van der Waals surface area contributed by atoms with E-state index in [2.05, 4.69) is 15.1 Å². The van der Waals surface area contributed by atoms with Crippen LogP contribution in [0.25, 0.3) is 5.95 Å². The van der Waals surface area contributed by atoms with Crippen LogP contribution in [0.15, 0.2) is 24.5 Å². The predicted molar refractivity (Wildman–Crippen MR) is 49.3 cm³/mol. The number of rotatable bonds is 2. The number of carbonyl (C=O) groups is 1. The second-order valence-corrected chi connectivity index (χ2v) is 2.79. The van der Waals surface area contributed by atoms with E-state index in [4.69, 9.17) is 0 Å². The maximum atomic E-state index is 10.5. The van der Waals surface area contributed by atoms with E-state index in [1.807, 2.05) is 6.92 Å². The maximum Gasteiger partial charge on any atom is 0.250 e. The first-order valence-corrected chi connectivity index (χ1v) is 4.10. The van der Waals surface area contributed by atoms with E-state index in [1.54, 1.807) is 24.5 Å². The van der Waals surface area contributed by atoms with Crippen LogP contribution in [-0.4, -0.2) is 26.0 Å². The van der Waals surface area contributed by atoms with E-state index < -0.39 is 0 Å². The minimum Gasteiger partial charge on any atom is -0.296 e. The topological polar surface area (TPSA) is 60.7 Å². The van der Waals surface area contributed by atoms with E-state index in [0.29, 0.717) is 17.9 Å². The van der Waals surface area contributed by atoms with E-state index in [-0.39, 0.29) is 0 Å². The Bertz CT molecular complexity index is 449. The molecule has 0 aliphatic carbocycles. The molecule has 0 saturated carbocycles. The van der Waals surface area contributed by atoms with Gasteiger partial charge in [-0.15, -0.1) is 0 Å². The number of aryl methyl sites for hydroxylation is 1. The second kappa shape index (κ2) is 3.37. The zero-order chi connectivity index (χ0) is 9.97. The summed E-state index contributed by atoms with van der Waals surface area (Å²) in [4.78, 5) is 18.5. The summed E-state index contributed by atoms with van der Waals surface area (Å²) in [6.07, 6.45) is 3.96. The largest absolute Gasteiger partial charge is 0.296 e. The Hall–Kier alpha value is -2.04. The van der Waals surface area contributed by atoms with Crippen molar-refractivity contribution in [1.82, 2.24) is 19.7 Å². The summed E-state index contributed by atoms with van der Waals surface area (Å²) >= 11 is 0. The van der Waals surface area contributed by atoms with Gasteiger partial charge < -0.3 is 0 Å². The predicted octanol–water partition coefficient (Wildman–Crippen LogP) is 0.783. The molecule has 70 valence electrons. The van der Waals surface area contributed by atoms with Gasteiger partial charge in [0.25, 0.3) is 5.95 Å². The van der Waals surface area contributed by atoms with Gasteiger partial charge in [0.2, 0.25) is 0 Å². The summed E-state index contributed by atoms with van der Waals surface area (Å²) in [7, 11) is 0. The first-order chi connectivity index (χ1) is 6.81. The highest BCUT2D eigenvalue weighted by molar-refractivity contribution is 5.71. The lowest BCUT2D eigenvalue weighted by molar-refractivity contribution is 0.111. The highest BCUT2D eigenvalue weighted by atomic mass is 16.1. The van der Waals surface area contributed by atoms with Gasteiger partial charge in [-0.05, 0) is 19.1 Å². The van der Waals surface area contributed by atoms with Crippen LogP contribution in [-0.2, 0) is 0 Å². The third-order valence-corrected chi connectivity index (χ3v) is 1.77. The van der Waals surface area contributed by atoms with Crippen LogP contribution in [0.4, 0.5) is 0 Å². The number of carbonyl (C=O) groups excluding carboxylic acids is 1. The van der Waals surface area contributed by atoms with Gasteiger partial charge in [-0.25, -0.2) is 14.6 Å². The molecule has 0 radical (unpaired) electrons. The Morgan fingerprint density at radius 2 is 2.07 bits per heavy atom. The van der Waals surface area contributed by atoms with Crippen LogP contribution >= 0.6 is 0 Å². The Morgan fingerprint density at radius 3 is 2.64 bits per heavy atom. The molecule has 14 heavy (non-hydrogen) atoms. The van der Waals surface area contributed by atoms with E-state index in [9.17, 15) is 4.79 Å². The highest BCUT2D eigenvalue weighted by Crippen LogP contribution is 2.05. The van der Waals surface area contributed by atoms with Gasteiger partial charge in [0.05, 0.1) is 0 Å². The molecule has 5 nitrogen and oxygen atoms in total. The molecule has 0 amide bonds. The first-order valence-electron chi connectivity index (χ1n) is 4.10. The molecule has 0 bridgehead atoms. The fourth-order valence-corrected chi connectivity index (χ4v) is 1.16. The minimum absolute atomic E-state index is 0.384. The summed E-state index contributed by atoms with van der Waals surface area (Å²) in [5, 5.41) is 4.02. The normalized spacial score (nSPS) is 10.1. The fraction of sp³-hybridized carbons (Fsp3) is 0.111. The summed E-state index contributed by atoms with van der Waals surface area (Å²) in [6.45, 7) is 1.84. The molecule has 0 saturated heterocycles. The van der Waals surface area contributed by atoms with Gasteiger partial charge in [0.1, 0.15) is 5.69 Å². The molecular formula is C9H8N4O. The summed E-state index contributed by atoms with van der Waals surface area (Å²) in [6, 6.07) is 3.41. The Balaban J connectivity index is 2.51. The lowest BCUT2D eigenvalue weighted by atomic mass is 10.4.